The molecule has 0 aliphatic carbocycles. The molecule has 1 unspecified atom stereocenters. The number of hydrogen-bond donors (Lipinski definition) is 0. The minimum absolute atomic E-state index is 0.142. The highest BCUT2D eigenvalue weighted by molar-refractivity contribution is 6.08. The summed E-state index contributed by atoms with van der Waals surface area (Å²) in [7, 11) is 1.84. The van der Waals surface area contributed by atoms with Crippen LogP contribution in [0.25, 0.3) is 0 Å². The molecule has 1 amide bonds. The maximum atomic E-state index is 13.1. The van der Waals surface area contributed by atoms with Gasteiger partial charge in [-0.05, 0) is 36.6 Å². The average Bonchev–Trinajstić information content (AvgIpc) is 2.84. The van der Waals surface area contributed by atoms with E-state index in [0.29, 0.717) is 17.9 Å². The summed E-state index contributed by atoms with van der Waals surface area (Å²) in [6.07, 6.45) is 3.43. The van der Waals surface area contributed by atoms with Crippen molar-refractivity contribution in [2.24, 2.45) is 0 Å². The number of carbonyl (C=O) groups excluding carboxylic acids is 1. The molecule has 4 rings (SSSR count). The summed E-state index contributed by atoms with van der Waals surface area (Å²) < 4.78 is 0. The van der Waals surface area contributed by atoms with Crippen molar-refractivity contribution in [2.45, 2.75) is 18.3 Å². The van der Waals surface area contributed by atoms with Crippen molar-refractivity contribution in [2.75, 3.05) is 29.9 Å². The summed E-state index contributed by atoms with van der Waals surface area (Å²) in [6, 6.07) is 13.8. The summed E-state index contributed by atoms with van der Waals surface area (Å²) >= 11 is 0. The molecule has 24 heavy (non-hydrogen) atoms. The lowest BCUT2D eigenvalue weighted by Gasteiger charge is -2.40. The number of nitriles is 1. The van der Waals surface area contributed by atoms with Crippen molar-refractivity contribution in [3.63, 3.8) is 0 Å². The van der Waals surface area contributed by atoms with Crippen LogP contribution in [0.2, 0.25) is 0 Å². The Bertz CT molecular complexity index is 856. The van der Waals surface area contributed by atoms with Gasteiger partial charge in [0.05, 0.1) is 11.0 Å². The van der Waals surface area contributed by atoms with Crippen LogP contribution in [0.4, 0.5) is 11.5 Å². The Balaban J connectivity index is 1.78. The number of rotatable bonds is 1. The summed E-state index contributed by atoms with van der Waals surface area (Å²) in [5.41, 5.74) is 2.11. The number of amides is 1. The molecule has 0 N–H and O–H groups in total. The third-order valence-electron chi connectivity index (χ3n) is 5.19. The quantitative estimate of drug-likeness (QED) is 0.810. The Kier molecular flexibility index (Phi) is 3.27. The maximum absolute atomic E-state index is 13.1. The van der Waals surface area contributed by atoms with Gasteiger partial charge in [0.2, 0.25) is 5.91 Å². The van der Waals surface area contributed by atoms with Gasteiger partial charge in [-0.2, -0.15) is 5.26 Å². The zero-order valence-corrected chi connectivity index (χ0v) is 13.6. The monoisotopic (exact) mass is 318 g/mol. The molecule has 0 saturated carbocycles. The van der Waals surface area contributed by atoms with E-state index in [1.807, 2.05) is 25.2 Å². The lowest BCUT2D eigenvalue weighted by Crippen LogP contribution is -2.52. The fourth-order valence-corrected chi connectivity index (χ4v) is 4.08. The van der Waals surface area contributed by atoms with Crippen LogP contribution in [-0.4, -0.2) is 31.0 Å². The first kappa shape index (κ1) is 14.7. The number of nitrogens with zero attached hydrogens (tertiary/aromatic N) is 4. The van der Waals surface area contributed by atoms with Crippen LogP contribution in [0.5, 0.6) is 0 Å². The molecule has 1 aromatic carbocycles. The van der Waals surface area contributed by atoms with Crippen LogP contribution in [0.3, 0.4) is 0 Å². The third kappa shape index (κ3) is 1.93. The molecule has 5 nitrogen and oxygen atoms in total. The summed E-state index contributed by atoms with van der Waals surface area (Å²) in [6.45, 7) is 1.38. The second kappa shape index (κ2) is 5.34. The molecule has 1 aromatic heterocycles. The smallest absolute Gasteiger partial charge is 0.239 e. The van der Waals surface area contributed by atoms with E-state index in [-0.39, 0.29) is 5.91 Å². The van der Waals surface area contributed by atoms with Crippen LogP contribution >= 0.6 is 0 Å². The van der Waals surface area contributed by atoms with E-state index >= 15 is 0 Å². The van der Waals surface area contributed by atoms with Crippen molar-refractivity contribution in [1.29, 1.82) is 5.26 Å². The van der Waals surface area contributed by atoms with Gasteiger partial charge in [-0.25, -0.2) is 4.98 Å². The topological polar surface area (TPSA) is 60.2 Å². The van der Waals surface area contributed by atoms with Gasteiger partial charge in [-0.15, -0.1) is 0 Å². The zero-order chi connectivity index (χ0) is 16.7. The third-order valence-corrected chi connectivity index (χ3v) is 5.19. The second-order valence-corrected chi connectivity index (χ2v) is 6.47. The first-order chi connectivity index (χ1) is 11.7. The Labute approximate surface area is 141 Å². The molecular formula is C19H18N4O. The van der Waals surface area contributed by atoms with Gasteiger partial charge in [-0.1, -0.05) is 18.2 Å². The average molecular weight is 318 g/mol. The summed E-state index contributed by atoms with van der Waals surface area (Å²) in [5.74, 6) is 0.821. The molecule has 1 atom stereocenters. The Morgan fingerprint density at radius 2 is 2.08 bits per heavy atom. The van der Waals surface area contributed by atoms with Crippen molar-refractivity contribution in [3.05, 3.63) is 53.7 Å². The molecule has 1 spiro atoms. The van der Waals surface area contributed by atoms with Crippen molar-refractivity contribution in [1.82, 2.24) is 4.98 Å². The first-order valence-corrected chi connectivity index (χ1v) is 8.15. The minimum atomic E-state index is -0.534. The normalized spacial score (nSPS) is 22.6. The number of fused-ring (bicyclic) bond motifs is 2. The number of piperidine rings is 1. The molecule has 3 heterocycles. The predicted octanol–water partition coefficient (Wildman–Crippen LogP) is 2.47. The maximum Gasteiger partial charge on any atom is 0.239 e. The molecular weight excluding hydrogens is 300 g/mol. The molecule has 2 aliphatic heterocycles. The van der Waals surface area contributed by atoms with Gasteiger partial charge in [0.1, 0.15) is 11.9 Å². The number of hydrogen-bond acceptors (Lipinski definition) is 4. The highest BCUT2D eigenvalue weighted by Crippen LogP contribution is 2.46. The number of benzene rings is 1. The zero-order valence-electron chi connectivity index (χ0n) is 13.6. The molecule has 120 valence electrons. The molecule has 1 fully saturated rings. The van der Waals surface area contributed by atoms with Gasteiger partial charge in [-0.3, -0.25) is 4.79 Å². The lowest BCUT2D eigenvalue weighted by molar-refractivity contribution is -0.123. The lowest BCUT2D eigenvalue weighted by atomic mass is 9.75. The summed E-state index contributed by atoms with van der Waals surface area (Å²) in [4.78, 5) is 21.4. The number of aromatic nitrogens is 1. The largest absolute Gasteiger partial charge is 0.354 e. The van der Waals surface area contributed by atoms with E-state index in [0.717, 1.165) is 30.6 Å². The van der Waals surface area contributed by atoms with E-state index in [4.69, 9.17) is 0 Å². The number of likely N-dealkylation sites (N-methyl/N-ethyl adjacent to an activating group) is 1. The molecule has 5 heteroatoms. The summed E-state index contributed by atoms with van der Waals surface area (Å²) in [5, 5.41) is 9.37. The fraction of sp³-hybridized carbons (Fsp3) is 0.316. The molecule has 2 aromatic rings. The van der Waals surface area contributed by atoms with Crippen LogP contribution in [0, 0.1) is 11.3 Å². The van der Waals surface area contributed by atoms with Gasteiger partial charge in [0.25, 0.3) is 0 Å². The first-order valence-electron chi connectivity index (χ1n) is 8.15. The van der Waals surface area contributed by atoms with Gasteiger partial charge >= 0.3 is 0 Å². The molecule has 0 radical (unpaired) electrons. The van der Waals surface area contributed by atoms with Crippen LogP contribution in [0.1, 0.15) is 24.0 Å². The van der Waals surface area contributed by atoms with E-state index in [9.17, 15) is 10.1 Å². The van der Waals surface area contributed by atoms with Crippen LogP contribution < -0.4 is 9.80 Å². The van der Waals surface area contributed by atoms with E-state index < -0.39 is 5.41 Å². The second-order valence-electron chi connectivity index (χ2n) is 6.47. The molecule has 0 bridgehead atoms. The van der Waals surface area contributed by atoms with E-state index in [1.54, 1.807) is 23.2 Å². The highest BCUT2D eigenvalue weighted by Gasteiger charge is 2.51. The number of para-hydroxylation sites is 1. The number of carbonyl (C=O) groups is 1. The molecule has 1 saturated heterocycles. The van der Waals surface area contributed by atoms with Crippen molar-refractivity contribution >= 4 is 17.4 Å². The standard InChI is InChI=1S/C19H18N4O/c1-22-16-8-3-2-7-15(16)19(18(22)24)9-5-11-23(13-19)17-14(12-20)6-4-10-21-17/h2-4,6-8,10H,5,9,11,13H2,1H3. The highest BCUT2D eigenvalue weighted by atomic mass is 16.2. The number of pyridine rings is 1. The van der Waals surface area contributed by atoms with E-state index in [1.165, 1.54) is 0 Å². The van der Waals surface area contributed by atoms with Crippen LogP contribution in [0.15, 0.2) is 42.6 Å². The SMILES string of the molecule is CN1C(=O)C2(CCCN(c3ncccc3C#N)C2)c2ccccc21. The Hall–Kier alpha value is -2.87. The van der Waals surface area contributed by atoms with Gasteiger partial charge in [0, 0.05) is 32.0 Å². The number of anilines is 2. The van der Waals surface area contributed by atoms with Gasteiger partial charge in [0.15, 0.2) is 0 Å². The fourth-order valence-electron chi connectivity index (χ4n) is 4.08. The Morgan fingerprint density at radius 1 is 1.25 bits per heavy atom. The van der Waals surface area contributed by atoms with E-state index in [2.05, 4.69) is 22.0 Å². The minimum Gasteiger partial charge on any atom is -0.354 e. The van der Waals surface area contributed by atoms with Crippen molar-refractivity contribution in [3.8, 4) is 6.07 Å². The van der Waals surface area contributed by atoms with Gasteiger partial charge < -0.3 is 9.80 Å². The van der Waals surface area contributed by atoms with Crippen molar-refractivity contribution < 1.29 is 4.79 Å². The predicted molar refractivity (Wildman–Crippen MR) is 91.9 cm³/mol. The van der Waals surface area contributed by atoms with Crippen LogP contribution in [-0.2, 0) is 10.2 Å². The Morgan fingerprint density at radius 3 is 2.92 bits per heavy atom. The molecule has 2 aliphatic rings.